The number of hydrogen-bond acceptors (Lipinski definition) is 7. The molecule has 1 fully saturated rings. The van der Waals surface area contributed by atoms with Gasteiger partial charge in [-0.1, -0.05) is 24.3 Å². The zero-order valence-corrected chi connectivity index (χ0v) is 25.5. The Morgan fingerprint density at radius 2 is 1.96 bits per heavy atom. The summed E-state index contributed by atoms with van der Waals surface area (Å²) in [5.41, 5.74) is 1.92. The highest BCUT2D eigenvalue weighted by molar-refractivity contribution is 7.21. The van der Waals surface area contributed by atoms with Gasteiger partial charge in [-0.15, -0.1) is 11.3 Å². The number of urea groups is 1. The average Bonchev–Trinajstić information content (AvgIpc) is 3.81. The van der Waals surface area contributed by atoms with Crippen LogP contribution in [0.25, 0.3) is 10.2 Å². The second-order valence-corrected chi connectivity index (χ2v) is 12.2. The van der Waals surface area contributed by atoms with Crippen LogP contribution in [0.4, 0.5) is 26.2 Å². The number of nitrogens with one attached hydrogen (secondary N) is 2. The van der Waals surface area contributed by atoms with E-state index in [1.165, 1.54) is 28.1 Å². The van der Waals surface area contributed by atoms with E-state index in [-0.39, 0.29) is 39.4 Å². The van der Waals surface area contributed by atoms with Crippen LogP contribution in [0.1, 0.15) is 42.3 Å². The fourth-order valence-electron chi connectivity index (χ4n) is 5.67. The first-order chi connectivity index (χ1) is 22.3. The Morgan fingerprint density at radius 1 is 1.15 bits per heavy atom. The number of thiophene rings is 1. The normalized spacial score (nSPS) is 16.3. The summed E-state index contributed by atoms with van der Waals surface area (Å²) in [5.74, 6) is -0.421. The zero-order valence-electron chi connectivity index (χ0n) is 24.7. The van der Waals surface area contributed by atoms with Crippen molar-refractivity contribution < 1.29 is 23.5 Å². The van der Waals surface area contributed by atoms with Crippen LogP contribution in [0.2, 0.25) is 0 Å². The minimum atomic E-state index is -0.671. The van der Waals surface area contributed by atoms with E-state index in [2.05, 4.69) is 15.6 Å². The van der Waals surface area contributed by atoms with Crippen molar-refractivity contribution in [2.45, 2.75) is 32.6 Å². The van der Waals surface area contributed by atoms with E-state index in [0.717, 1.165) is 24.2 Å². The first-order valence-corrected chi connectivity index (χ1v) is 15.6. The van der Waals surface area contributed by atoms with Crippen molar-refractivity contribution in [3.8, 4) is 17.6 Å². The number of pyridine rings is 1. The predicted molar refractivity (Wildman–Crippen MR) is 171 cm³/mol. The minimum absolute atomic E-state index is 0.00785. The number of carbonyl (C=O) groups is 3. The smallest absolute Gasteiger partial charge is 0.331 e. The van der Waals surface area contributed by atoms with Crippen molar-refractivity contribution in [2.75, 3.05) is 16.8 Å². The molecule has 0 saturated heterocycles. The van der Waals surface area contributed by atoms with Crippen molar-refractivity contribution in [3.63, 3.8) is 0 Å². The number of nitriles is 1. The number of allylic oxidation sites excluding steroid dienone is 3. The second-order valence-electron chi connectivity index (χ2n) is 11.2. The van der Waals surface area contributed by atoms with Crippen LogP contribution in [-0.2, 0) is 4.79 Å². The number of halogens is 1. The molecular formula is C34H27FN6O4S. The van der Waals surface area contributed by atoms with Crippen LogP contribution < -0.4 is 20.3 Å². The van der Waals surface area contributed by atoms with Crippen molar-refractivity contribution in [3.05, 3.63) is 94.5 Å². The summed E-state index contributed by atoms with van der Waals surface area (Å²) in [4.78, 5) is 48.3. The second kappa shape index (κ2) is 11.8. The maximum Gasteiger partial charge on any atom is 0.331 e. The number of nitrogens with zero attached hydrogens (tertiary/aromatic N) is 4. The molecule has 0 unspecified atom stereocenters. The molecule has 46 heavy (non-hydrogen) atoms. The molecule has 2 aromatic carbocycles. The van der Waals surface area contributed by atoms with E-state index in [4.69, 9.17) is 4.74 Å². The van der Waals surface area contributed by atoms with Crippen LogP contribution in [0.15, 0.2) is 83.8 Å². The summed E-state index contributed by atoms with van der Waals surface area (Å²) < 4.78 is 21.2. The number of rotatable bonds is 7. The van der Waals surface area contributed by atoms with Gasteiger partial charge in [-0.3, -0.25) is 14.5 Å². The highest BCUT2D eigenvalue weighted by Crippen LogP contribution is 2.46. The summed E-state index contributed by atoms with van der Waals surface area (Å²) in [6.45, 7) is 2.19. The molecule has 0 bridgehead atoms. The van der Waals surface area contributed by atoms with E-state index in [1.807, 2.05) is 24.3 Å². The predicted octanol–water partition coefficient (Wildman–Crippen LogP) is 7.35. The largest absolute Gasteiger partial charge is 0.457 e. The third kappa shape index (κ3) is 5.35. The number of benzene rings is 2. The molecule has 3 aliphatic rings. The number of amides is 4. The quantitative estimate of drug-likeness (QED) is 0.162. The van der Waals surface area contributed by atoms with E-state index in [1.54, 1.807) is 37.3 Å². The Balaban J connectivity index is 1.17. The van der Waals surface area contributed by atoms with E-state index in [0.29, 0.717) is 52.4 Å². The summed E-state index contributed by atoms with van der Waals surface area (Å²) in [6.07, 6.45) is 6.33. The van der Waals surface area contributed by atoms with Crippen molar-refractivity contribution >= 4 is 56.5 Å². The Morgan fingerprint density at radius 3 is 2.70 bits per heavy atom. The highest BCUT2D eigenvalue weighted by Gasteiger charge is 2.35. The molecular weight excluding hydrogens is 607 g/mol. The van der Waals surface area contributed by atoms with Crippen molar-refractivity contribution in [2.24, 2.45) is 5.92 Å². The fourth-order valence-corrected chi connectivity index (χ4v) is 6.68. The summed E-state index contributed by atoms with van der Waals surface area (Å²) in [6, 6.07) is 16.2. The van der Waals surface area contributed by atoms with E-state index < -0.39 is 17.8 Å². The molecule has 4 aromatic rings. The molecule has 7 rings (SSSR count). The van der Waals surface area contributed by atoms with Gasteiger partial charge in [0.2, 0.25) is 0 Å². The average molecular weight is 635 g/mol. The first-order valence-electron chi connectivity index (χ1n) is 14.8. The van der Waals surface area contributed by atoms with E-state index >= 15 is 4.39 Å². The van der Waals surface area contributed by atoms with Crippen LogP contribution in [0.5, 0.6) is 11.5 Å². The first kappa shape index (κ1) is 29.2. The number of carbonyl (C=O) groups excluding carboxylic acids is 3. The van der Waals surface area contributed by atoms with Gasteiger partial charge in [0.1, 0.15) is 32.8 Å². The van der Waals surface area contributed by atoms with Crippen LogP contribution in [-0.4, -0.2) is 34.3 Å². The van der Waals surface area contributed by atoms with Gasteiger partial charge in [0, 0.05) is 30.2 Å². The third-order valence-electron chi connectivity index (χ3n) is 8.13. The Hall–Kier alpha value is -5.54. The van der Waals surface area contributed by atoms with Gasteiger partial charge >= 0.3 is 6.03 Å². The number of para-hydroxylation sites is 1. The highest BCUT2D eigenvalue weighted by atomic mass is 32.1. The molecule has 10 nitrogen and oxygen atoms in total. The molecule has 2 aromatic heterocycles. The minimum Gasteiger partial charge on any atom is -0.457 e. The lowest BCUT2D eigenvalue weighted by atomic mass is 10.1. The van der Waals surface area contributed by atoms with Gasteiger partial charge in [-0.05, 0) is 68.9 Å². The Labute approximate surface area is 267 Å². The number of anilines is 3. The zero-order chi connectivity index (χ0) is 31.9. The molecule has 12 heteroatoms. The molecule has 0 spiro atoms. The molecule has 1 aliphatic carbocycles. The lowest BCUT2D eigenvalue weighted by Crippen LogP contribution is -2.38. The lowest BCUT2D eigenvalue weighted by Gasteiger charge is -2.30. The Bertz CT molecular complexity index is 2030. The Kier molecular flexibility index (Phi) is 7.46. The molecule has 4 amide bonds. The van der Waals surface area contributed by atoms with Gasteiger partial charge in [-0.25, -0.2) is 14.2 Å². The van der Waals surface area contributed by atoms with Gasteiger partial charge in [0.15, 0.2) is 5.82 Å². The van der Waals surface area contributed by atoms with Crippen LogP contribution >= 0.6 is 11.3 Å². The topological polar surface area (TPSA) is 128 Å². The lowest BCUT2D eigenvalue weighted by molar-refractivity contribution is -0.125. The number of hydrogen-bond donors (Lipinski definition) is 2. The molecule has 1 saturated carbocycles. The standard InChI is InChI=1S/C34H27FN6O4S/c1-19-25(8-5-15-40(19)33(43)21(18-36)16-20-9-10-20)38-31(42)30-29-28-27(13-14-37-32(28)46-30)41(34(44)39-29)26-12-11-23(17-24(26)35)45-22-6-3-2-4-7-22/h2-4,6-7,11-14,16-17,20H,5,8-10,15H2,1H3,(H,38,42)(H,39,44)/b21-16+. The fraction of sp³-hybridized carbons (Fsp3) is 0.206. The van der Waals surface area contributed by atoms with Gasteiger partial charge in [0.05, 0.1) is 22.4 Å². The summed E-state index contributed by atoms with van der Waals surface area (Å²) in [7, 11) is 0. The number of ether oxygens (including phenoxy) is 1. The molecule has 0 radical (unpaired) electrons. The van der Waals surface area contributed by atoms with Gasteiger partial charge < -0.3 is 20.3 Å². The maximum atomic E-state index is 15.5. The molecule has 230 valence electrons. The summed E-state index contributed by atoms with van der Waals surface area (Å²) >= 11 is 1.10. The van der Waals surface area contributed by atoms with Crippen LogP contribution in [0, 0.1) is 23.1 Å². The van der Waals surface area contributed by atoms with Crippen molar-refractivity contribution in [1.29, 1.82) is 5.26 Å². The SMILES string of the molecule is CC1=C(NC(=O)c2sc3nccc4c3c2NC(=O)N4c2ccc(Oc3ccccc3)cc2F)CCCN1C(=O)/C(C#N)=C/C1CC1. The van der Waals surface area contributed by atoms with E-state index in [9.17, 15) is 19.6 Å². The van der Waals surface area contributed by atoms with Crippen LogP contribution in [0.3, 0.4) is 0 Å². The van der Waals surface area contributed by atoms with Gasteiger partial charge in [-0.2, -0.15) is 5.26 Å². The number of aromatic nitrogens is 1. The third-order valence-corrected chi connectivity index (χ3v) is 9.22. The summed E-state index contributed by atoms with van der Waals surface area (Å²) in [5, 5.41) is 15.8. The molecule has 2 aliphatic heterocycles. The molecule has 4 heterocycles. The molecule has 0 atom stereocenters. The monoisotopic (exact) mass is 634 g/mol. The maximum absolute atomic E-state index is 15.5. The van der Waals surface area contributed by atoms with Gasteiger partial charge in [0.25, 0.3) is 11.8 Å². The van der Waals surface area contributed by atoms with Crippen molar-refractivity contribution in [1.82, 2.24) is 15.2 Å². The molecule has 2 N–H and O–H groups in total.